The molecule has 0 spiro atoms. The van der Waals surface area contributed by atoms with Gasteiger partial charge in [0.25, 0.3) is 0 Å². The van der Waals surface area contributed by atoms with Gasteiger partial charge in [0.15, 0.2) is 0 Å². The van der Waals surface area contributed by atoms with Gasteiger partial charge in [-0.2, -0.15) is 0 Å². The van der Waals surface area contributed by atoms with Crippen molar-refractivity contribution in [3.05, 3.63) is 81.9 Å². The molecule has 0 N–H and O–H groups in total. The molecule has 0 aliphatic heterocycles. The second-order valence-electron chi connectivity index (χ2n) is 9.53. The highest BCUT2D eigenvalue weighted by molar-refractivity contribution is 7.89. The van der Waals surface area contributed by atoms with Gasteiger partial charge in [-0.25, -0.2) is 12.4 Å². The summed E-state index contributed by atoms with van der Waals surface area (Å²) in [4.78, 5) is 0. The van der Waals surface area contributed by atoms with E-state index in [9.17, 15) is 8.42 Å². The zero-order valence-electron chi connectivity index (χ0n) is 20.3. The lowest BCUT2D eigenvalue weighted by Crippen LogP contribution is -2.11. The van der Waals surface area contributed by atoms with E-state index in [-0.39, 0.29) is 0 Å². The lowest BCUT2D eigenvalue weighted by molar-refractivity contribution is 0.596. The molecule has 0 bridgehead atoms. The predicted octanol–water partition coefficient (Wildman–Crippen LogP) is 7.27. The van der Waals surface area contributed by atoms with Crippen LogP contribution >= 0.6 is 0 Å². The first-order valence-corrected chi connectivity index (χ1v) is 13.1. The van der Waals surface area contributed by atoms with E-state index in [0.29, 0.717) is 0 Å². The molecule has 0 fully saturated rings. The zero-order chi connectivity index (χ0) is 23.8. The van der Waals surface area contributed by atoms with Crippen LogP contribution in [0.1, 0.15) is 33.4 Å². The topological polar surface area (TPSA) is 39.1 Å². The second-order valence-corrected chi connectivity index (χ2v) is 11.4. The van der Waals surface area contributed by atoms with Crippen molar-refractivity contribution in [2.75, 3.05) is 6.26 Å². The number of benzene rings is 4. The van der Waals surface area contributed by atoms with E-state index in [2.05, 4.69) is 71.0 Å². The van der Waals surface area contributed by atoms with Gasteiger partial charge < -0.3 is 0 Å². The Hall–Kier alpha value is -3.11. The summed E-state index contributed by atoms with van der Waals surface area (Å²) in [6.07, 6.45) is 1.31. The summed E-state index contributed by atoms with van der Waals surface area (Å²) in [5.74, 6) is 0. The number of aryl methyl sites for hydroxylation is 6. The maximum Gasteiger partial charge on any atom is 0.236 e. The molecule has 0 unspecified atom stereocenters. The van der Waals surface area contributed by atoms with Crippen LogP contribution in [0.2, 0.25) is 0 Å². The Morgan fingerprint density at radius 1 is 0.667 bits per heavy atom. The number of hydrogen-bond donors (Lipinski definition) is 0. The van der Waals surface area contributed by atoms with Gasteiger partial charge in [-0.1, -0.05) is 48.0 Å². The van der Waals surface area contributed by atoms with Gasteiger partial charge >= 0.3 is 0 Å². The summed E-state index contributed by atoms with van der Waals surface area (Å²) in [6.45, 7) is 12.6. The van der Waals surface area contributed by atoms with Crippen molar-refractivity contribution in [1.82, 2.24) is 3.97 Å². The van der Waals surface area contributed by atoms with Gasteiger partial charge in [0.05, 0.1) is 17.3 Å². The first-order valence-electron chi connectivity index (χ1n) is 11.3. The van der Waals surface area contributed by atoms with E-state index >= 15 is 0 Å². The van der Waals surface area contributed by atoms with Gasteiger partial charge in [0, 0.05) is 16.2 Å². The molecule has 0 aliphatic rings. The maximum atomic E-state index is 13.2. The van der Waals surface area contributed by atoms with Crippen LogP contribution in [-0.2, 0) is 10.0 Å². The number of aromatic nitrogens is 1. The van der Waals surface area contributed by atoms with Crippen LogP contribution in [0.5, 0.6) is 0 Å². The van der Waals surface area contributed by atoms with Crippen LogP contribution in [0, 0.1) is 41.5 Å². The van der Waals surface area contributed by atoms with Crippen LogP contribution in [0.4, 0.5) is 0 Å². The molecule has 0 saturated carbocycles. The Bertz CT molecular complexity index is 1710. The van der Waals surface area contributed by atoms with Crippen molar-refractivity contribution >= 4 is 42.6 Å². The van der Waals surface area contributed by atoms with Crippen molar-refractivity contribution in [2.45, 2.75) is 41.5 Å². The van der Waals surface area contributed by atoms with Gasteiger partial charge in [-0.05, 0) is 91.9 Å². The summed E-state index contributed by atoms with van der Waals surface area (Å²) in [7, 11) is -3.54. The molecule has 1 aromatic heterocycles. The summed E-state index contributed by atoms with van der Waals surface area (Å²) in [6, 6.07) is 17.0. The maximum absolute atomic E-state index is 13.2. The summed E-state index contributed by atoms with van der Waals surface area (Å²) < 4.78 is 28.0. The number of nitrogens with zero attached hydrogens (tertiary/aromatic N) is 1. The molecule has 0 aliphatic carbocycles. The van der Waals surface area contributed by atoms with Crippen molar-refractivity contribution in [3.63, 3.8) is 0 Å². The Morgan fingerprint density at radius 3 is 1.88 bits per heavy atom. The molecule has 4 heteroatoms. The fourth-order valence-corrected chi connectivity index (χ4v) is 6.77. The lowest BCUT2D eigenvalue weighted by atomic mass is 9.88. The quantitative estimate of drug-likeness (QED) is 0.281. The molecular formula is C29H29NO2S. The molecule has 0 radical (unpaired) electrons. The summed E-state index contributed by atoms with van der Waals surface area (Å²) >= 11 is 0. The van der Waals surface area contributed by atoms with Crippen LogP contribution in [0.3, 0.4) is 0 Å². The summed E-state index contributed by atoms with van der Waals surface area (Å²) in [5, 5.41) is 4.04. The fourth-order valence-electron chi connectivity index (χ4n) is 5.68. The van der Waals surface area contributed by atoms with Crippen LogP contribution in [0.25, 0.3) is 43.7 Å². The number of hydrogen-bond acceptors (Lipinski definition) is 2. The highest BCUT2D eigenvalue weighted by Crippen LogP contribution is 2.44. The predicted molar refractivity (Wildman–Crippen MR) is 141 cm³/mol. The molecular weight excluding hydrogens is 426 g/mol. The van der Waals surface area contributed by atoms with Crippen LogP contribution < -0.4 is 0 Å². The van der Waals surface area contributed by atoms with Crippen LogP contribution in [0.15, 0.2) is 48.5 Å². The third-order valence-electron chi connectivity index (χ3n) is 6.98. The summed E-state index contributed by atoms with van der Waals surface area (Å²) in [5.41, 5.74) is 10.8. The van der Waals surface area contributed by atoms with E-state index in [0.717, 1.165) is 54.8 Å². The van der Waals surface area contributed by atoms with Crippen molar-refractivity contribution < 1.29 is 8.42 Å². The van der Waals surface area contributed by atoms with Crippen molar-refractivity contribution in [3.8, 4) is 11.1 Å². The SMILES string of the molecule is Cc1cc(C)c(-c2cc3c4c(C)cc(C)c(C)c4n(S(C)(=O)=O)c3c3ccccc23)c(C)c1. The van der Waals surface area contributed by atoms with Crippen molar-refractivity contribution in [2.24, 2.45) is 0 Å². The molecule has 0 amide bonds. The number of rotatable bonds is 2. The van der Waals surface area contributed by atoms with Gasteiger partial charge in [-0.3, -0.25) is 0 Å². The molecule has 0 saturated heterocycles. The molecule has 0 atom stereocenters. The molecule has 5 aromatic rings. The van der Waals surface area contributed by atoms with E-state index in [4.69, 9.17) is 0 Å². The molecule has 168 valence electrons. The van der Waals surface area contributed by atoms with E-state index < -0.39 is 10.0 Å². The minimum absolute atomic E-state index is 0.770. The van der Waals surface area contributed by atoms with Crippen LogP contribution in [-0.4, -0.2) is 18.6 Å². The largest absolute Gasteiger partial charge is 0.236 e. The fraction of sp³-hybridized carbons (Fsp3) is 0.241. The Labute approximate surface area is 195 Å². The minimum atomic E-state index is -3.54. The molecule has 1 heterocycles. The smallest absolute Gasteiger partial charge is 0.236 e. The Kier molecular flexibility index (Phi) is 4.74. The Balaban J connectivity index is 2.15. The number of fused-ring (bicyclic) bond motifs is 5. The molecule has 4 aromatic carbocycles. The lowest BCUT2D eigenvalue weighted by Gasteiger charge is -2.16. The average molecular weight is 456 g/mol. The minimum Gasteiger partial charge on any atom is -0.236 e. The van der Waals surface area contributed by atoms with Gasteiger partial charge in [0.1, 0.15) is 0 Å². The third-order valence-corrected chi connectivity index (χ3v) is 8.01. The highest BCUT2D eigenvalue weighted by Gasteiger charge is 2.25. The molecule has 3 nitrogen and oxygen atoms in total. The van der Waals surface area contributed by atoms with Gasteiger partial charge in [0.2, 0.25) is 10.0 Å². The monoisotopic (exact) mass is 455 g/mol. The second kappa shape index (κ2) is 7.19. The molecule has 33 heavy (non-hydrogen) atoms. The van der Waals surface area contributed by atoms with E-state index in [1.165, 1.54) is 28.5 Å². The van der Waals surface area contributed by atoms with Crippen molar-refractivity contribution in [1.29, 1.82) is 0 Å². The third kappa shape index (κ3) is 3.12. The average Bonchev–Trinajstić information content (AvgIpc) is 3.08. The normalized spacial score (nSPS) is 12.3. The van der Waals surface area contributed by atoms with Gasteiger partial charge in [-0.15, -0.1) is 0 Å². The standard InChI is InChI=1S/C29H29NO2S/c1-16-12-18(3)26(19(4)13-16)24-15-25-27-20(5)14-17(2)21(6)28(27)30(33(7,31)32)29(25)23-11-9-8-10-22(23)24/h8-15H,1-7H3. The van der Waals surface area contributed by atoms with E-state index in [1.54, 1.807) is 3.97 Å². The first-order chi connectivity index (χ1) is 15.5. The Morgan fingerprint density at radius 2 is 1.27 bits per heavy atom. The first kappa shape index (κ1) is 21.7. The van der Waals surface area contributed by atoms with E-state index in [1.807, 2.05) is 19.1 Å². The highest BCUT2D eigenvalue weighted by atomic mass is 32.2. The zero-order valence-corrected chi connectivity index (χ0v) is 21.1. The molecule has 5 rings (SSSR count).